The smallest absolute Gasteiger partial charge is 0.188 e. The van der Waals surface area contributed by atoms with Crippen LogP contribution in [0.2, 0.25) is 5.02 Å². The van der Waals surface area contributed by atoms with Gasteiger partial charge in [-0.3, -0.25) is 4.21 Å². The van der Waals surface area contributed by atoms with E-state index in [1.54, 1.807) is 11.4 Å². The lowest BCUT2D eigenvalue weighted by molar-refractivity contribution is 0.0293. The van der Waals surface area contributed by atoms with Crippen molar-refractivity contribution in [3.8, 4) is 5.75 Å². The van der Waals surface area contributed by atoms with Crippen molar-refractivity contribution in [2.75, 3.05) is 19.4 Å². The van der Waals surface area contributed by atoms with Crippen LogP contribution < -0.4 is 4.74 Å². The van der Waals surface area contributed by atoms with Crippen molar-refractivity contribution >= 4 is 37.0 Å². The van der Waals surface area contributed by atoms with Crippen LogP contribution in [0.5, 0.6) is 5.75 Å². The first-order valence-electron chi connectivity index (χ1n) is 10.7. The van der Waals surface area contributed by atoms with Crippen molar-refractivity contribution in [1.29, 1.82) is 0 Å². The summed E-state index contributed by atoms with van der Waals surface area (Å²) in [6.07, 6.45) is 0.863. The van der Waals surface area contributed by atoms with Gasteiger partial charge in [0.25, 0.3) is 0 Å². The molecule has 1 aliphatic carbocycles. The monoisotopic (exact) mass is 515 g/mol. The molecule has 1 unspecified atom stereocenters. The van der Waals surface area contributed by atoms with E-state index in [-0.39, 0.29) is 41.2 Å². The van der Waals surface area contributed by atoms with Gasteiger partial charge in [-0.25, -0.2) is 21.5 Å². The summed E-state index contributed by atoms with van der Waals surface area (Å²) in [6.45, 7) is -0.0759. The molecule has 0 radical (unpaired) electrons. The fourth-order valence-corrected chi connectivity index (χ4v) is 10.2. The van der Waals surface area contributed by atoms with Crippen LogP contribution in [-0.2, 0) is 24.3 Å². The third-order valence-corrected chi connectivity index (χ3v) is 12.7. The second-order valence-corrected chi connectivity index (χ2v) is 14.3. The summed E-state index contributed by atoms with van der Waals surface area (Å²) in [6, 6.07) is 7.47. The maximum atomic E-state index is 15.4. The molecule has 2 aliphatic heterocycles. The normalized spacial score (nSPS) is 34.0. The van der Waals surface area contributed by atoms with Gasteiger partial charge in [0.2, 0.25) is 0 Å². The standard InChI is InChI=1S/C23H24ClF2NO4S2/c1-27-20-9-11-23(33(29,30)15-5-3-14(24)4-6-15)17(16(20)10-12-32(27,2)28)13-31-22-19(26)8-7-18(25)21(22)23/h3-8,16-17,20H,2,9-13H2,1H3/t16-,17-,20+,23-,32?/m0/s1. The summed E-state index contributed by atoms with van der Waals surface area (Å²) in [5, 5.41) is 0.371. The third kappa shape index (κ3) is 3.19. The Hall–Kier alpha value is -1.68. The molecule has 5 nitrogen and oxygen atoms in total. The highest BCUT2D eigenvalue weighted by atomic mass is 35.5. The lowest BCUT2D eigenvalue weighted by Crippen LogP contribution is -2.62. The molecule has 2 fully saturated rings. The van der Waals surface area contributed by atoms with E-state index in [4.69, 9.17) is 16.3 Å². The van der Waals surface area contributed by atoms with Gasteiger partial charge in [-0.05, 0) is 74.5 Å². The van der Waals surface area contributed by atoms with Crippen LogP contribution >= 0.6 is 11.6 Å². The summed E-state index contributed by atoms with van der Waals surface area (Å²) in [7, 11) is -4.92. The molecule has 1 saturated heterocycles. The van der Waals surface area contributed by atoms with Crippen LogP contribution in [0.1, 0.15) is 24.8 Å². The predicted octanol–water partition coefficient (Wildman–Crippen LogP) is 4.04. The minimum Gasteiger partial charge on any atom is -0.490 e. The summed E-state index contributed by atoms with van der Waals surface area (Å²) in [5.74, 6) is 1.34. The molecular weight excluding hydrogens is 492 g/mol. The number of halogens is 3. The average Bonchev–Trinajstić information content (AvgIpc) is 2.78. The summed E-state index contributed by atoms with van der Waals surface area (Å²) < 4.78 is 77.4. The van der Waals surface area contributed by atoms with Gasteiger partial charge in [0, 0.05) is 32.4 Å². The van der Waals surface area contributed by atoms with Gasteiger partial charge in [0.05, 0.1) is 17.1 Å². The Morgan fingerprint density at radius 1 is 1.15 bits per heavy atom. The van der Waals surface area contributed by atoms with Crippen LogP contribution in [0.3, 0.4) is 0 Å². The number of hydrogen-bond donors (Lipinski definition) is 0. The molecule has 0 amide bonds. The fourth-order valence-electron chi connectivity index (χ4n) is 6.03. The maximum Gasteiger partial charge on any atom is 0.188 e. The highest BCUT2D eigenvalue weighted by molar-refractivity contribution is 7.98. The Kier molecular flexibility index (Phi) is 5.36. The van der Waals surface area contributed by atoms with Crippen LogP contribution in [-0.4, -0.2) is 48.3 Å². The molecule has 2 aromatic carbocycles. The van der Waals surface area contributed by atoms with Crippen molar-refractivity contribution in [1.82, 2.24) is 4.31 Å². The third-order valence-electron chi connectivity index (χ3n) is 7.68. The summed E-state index contributed by atoms with van der Waals surface area (Å²) in [4.78, 5) is -0.00280. The molecule has 2 heterocycles. The first kappa shape index (κ1) is 23.1. The first-order valence-corrected chi connectivity index (χ1v) is 14.4. The predicted molar refractivity (Wildman–Crippen MR) is 125 cm³/mol. The quantitative estimate of drug-likeness (QED) is 0.566. The Labute approximate surface area is 197 Å². The number of rotatable bonds is 2. The molecule has 5 rings (SSSR count). The summed E-state index contributed by atoms with van der Waals surface area (Å²) >= 11 is 5.98. The number of sulfone groups is 1. The van der Waals surface area contributed by atoms with E-state index in [0.717, 1.165) is 12.1 Å². The lowest BCUT2D eigenvalue weighted by Gasteiger charge is -2.56. The van der Waals surface area contributed by atoms with E-state index in [9.17, 15) is 17.0 Å². The van der Waals surface area contributed by atoms with Crippen molar-refractivity contribution in [2.24, 2.45) is 11.8 Å². The molecule has 0 aromatic heterocycles. The van der Waals surface area contributed by atoms with Gasteiger partial charge in [-0.2, -0.15) is 0 Å². The van der Waals surface area contributed by atoms with E-state index in [1.807, 2.05) is 0 Å². The average molecular weight is 516 g/mol. The van der Waals surface area contributed by atoms with Crippen LogP contribution in [0.15, 0.2) is 41.3 Å². The molecule has 5 atom stereocenters. The number of nitrogens with zero attached hydrogens (tertiary/aromatic N) is 1. The van der Waals surface area contributed by atoms with Crippen molar-refractivity contribution < 1.29 is 26.1 Å². The van der Waals surface area contributed by atoms with Gasteiger partial charge in [-0.1, -0.05) is 11.6 Å². The van der Waals surface area contributed by atoms with E-state index < -0.39 is 41.8 Å². The topological polar surface area (TPSA) is 63.7 Å². The van der Waals surface area contributed by atoms with Crippen LogP contribution in [0.25, 0.3) is 0 Å². The number of hydrogen-bond acceptors (Lipinski definition) is 4. The second-order valence-electron chi connectivity index (χ2n) is 9.08. The van der Waals surface area contributed by atoms with Crippen molar-refractivity contribution in [3.63, 3.8) is 0 Å². The molecule has 0 N–H and O–H groups in total. The largest absolute Gasteiger partial charge is 0.490 e. The van der Waals surface area contributed by atoms with E-state index >= 15 is 4.39 Å². The molecule has 10 heteroatoms. The van der Waals surface area contributed by atoms with Crippen LogP contribution in [0.4, 0.5) is 8.78 Å². The van der Waals surface area contributed by atoms with Crippen LogP contribution in [0, 0.1) is 23.5 Å². The van der Waals surface area contributed by atoms with Gasteiger partial charge >= 0.3 is 0 Å². The highest BCUT2D eigenvalue weighted by Gasteiger charge is 2.63. The molecule has 3 aliphatic rings. The second kappa shape index (κ2) is 7.66. The number of fused-ring (bicyclic) bond motifs is 5. The molecule has 1 saturated carbocycles. The van der Waals surface area contributed by atoms with Gasteiger partial charge < -0.3 is 4.74 Å². The first-order chi connectivity index (χ1) is 15.5. The molecular formula is C23H24ClF2NO4S2. The zero-order valence-electron chi connectivity index (χ0n) is 18.0. The van der Waals surface area contributed by atoms with Gasteiger partial charge in [0.15, 0.2) is 21.4 Å². The molecule has 0 spiro atoms. The Morgan fingerprint density at radius 2 is 1.82 bits per heavy atom. The summed E-state index contributed by atoms with van der Waals surface area (Å²) in [5.41, 5.74) is -0.240. The van der Waals surface area contributed by atoms with Gasteiger partial charge in [-0.15, -0.1) is 0 Å². The molecule has 2 aromatic rings. The Balaban J connectivity index is 1.76. The fraction of sp³-hybridized carbons (Fsp3) is 0.435. The Morgan fingerprint density at radius 3 is 2.52 bits per heavy atom. The van der Waals surface area contributed by atoms with Crippen molar-refractivity contribution in [3.05, 3.63) is 58.6 Å². The Bertz CT molecular complexity index is 1330. The molecule has 178 valence electrons. The SMILES string of the molecule is C=S1(=O)CC[C@@H]2[C@@H](CC[C@@]3(S(=O)(=O)c4ccc(Cl)cc4)c4c(F)ccc(F)c4OC[C@@H]23)N1C. The minimum atomic E-state index is -4.20. The lowest BCUT2D eigenvalue weighted by atomic mass is 9.64. The minimum absolute atomic E-state index is 0.00280. The van der Waals surface area contributed by atoms with E-state index in [2.05, 4.69) is 5.87 Å². The molecule has 33 heavy (non-hydrogen) atoms. The number of ether oxygens (including phenoxy) is 1. The maximum absolute atomic E-state index is 15.4. The zero-order valence-corrected chi connectivity index (χ0v) is 20.4. The van der Waals surface area contributed by atoms with Gasteiger partial charge in [0.1, 0.15) is 10.6 Å². The molecule has 0 bridgehead atoms. The van der Waals surface area contributed by atoms with Crippen molar-refractivity contribution in [2.45, 2.75) is 34.9 Å². The number of benzene rings is 2. The van der Waals surface area contributed by atoms with E-state index in [0.29, 0.717) is 23.6 Å². The van der Waals surface area contributed by atoms with E-state index in [1.165, 1.54) is 24.3 Å². The highest BCUT2D eigenvalue weighted by Crippen LogP contribution is 2.59. The zero-order chi connectivity index (χ0) is 23.8.